The number of primary amides is 1. The van der Waals surface area contributed by atoms with E-state index < -0.39 is 11.7 Å². The molecule has 0 bridgehead atoms. The van der Waals surface area contributed by atoms with Crippen molar-refractivity contribution in [3.8, 4) is 6.07 Å². The van der Waals surface area contributed by atoms with Crippen LogP contribution in [0, 0.1) is 17.2 Å². The van der Waals surface area contributed by atoms with Gasteiger partial charge < -0.3 is 19.9 Å². The Morgan fingerprint density at radius 2 is 1.70 bits per heavy atom. The van der Waals surface area contributed by atoms with Crippen LogP contribution in [-0.4, -0.2) is 63.1 Å². The van der Waals surface area contributed by atoms with Gasteiger partial charge in [-0.1, -0.05) is 31.4 Å². The van der Waals surface area contributed by atoms with Crippen molar-refractivity contribution >= 4 is 12.0 Å². The number of hydrogen-bond donors (Lipinski definition) is 1. The molecule has 0 unspecified atom stereocenters. The Balaban J connectivity index is 0.000000414. The van der Waals surface area contributed by atoms with Crippen molar-refractivity contribution in [3.63, 3.8) is 0 Å². The summed E-state index contributed by atoms with van der Waals surface area (Å²) in [5.74, 6) is 0.652. The summed E-state index contributed by atoms with van der Waals surface area (Å²) in [6.07, 6.45) is 8.94. The molecule has 0 radical (unpaired) electrons. The van der Waals surface area contributed by atoms with E-state index in [0.29, 0.717) is 11.5 Å². The Morgan fingerprint density at radius 1 is 1.05 bits per heavy atom. The third kappa shape index (κ3) is 9.21. The molecule has 0 spiro atoms. The van der Waals surface area contributed by atoms with Gasteiger partial charge >= 0.3 is 6.09 Å². The highest BCUT2D eigenvalue weighted by Gasteiger charge is 2.28. The second-order valence-electron chi connectivity index (χ2n) is 10.8. The van der Waals surface area contributed by atoms with E-state index >= 15 is 0 Å². The minimum absolute atomic E-state index is 0.268. The largest absolute Gasteiger partial charge is 0.444 e. The maximum Gasteiger partial charge on any atom is 0.405 e. The van der Waals surface area contributed by atoms with Crippen LogP contribution in [0.3, 0.4) is 0 Å². The topological polar surface area (TPSA) is 117 Å². The quantitative estimate of drug-likeness (QED) is 0.654. The van der Waals surface area contributed by atoms with E-state index in [9.17, 15) is 9.59 Å². The van der Waals surface area contributed by atoms with Gasteiger partial charge in [0.15, 0.2) is 0 Å². The molecule has 9 nitrogen and oxygen atoms in total. The van der Waals surface area contributed by atoms with Crippen molar-refractivity contribution in [3.05, 3.63) is 53.6 Å². The standard InChI is InChI=1S/C23H29N5O.C5H11NO2/c24-14-19-6-8-20(9-7-19)16-28-18-25-15-22(28)17-26-10-12-27(13-11-26)23(29)21-4-2-1-3-5-21;1-5(2,3)8-4(6)7/h6-9,15,18,21H,1-5,10-13,16-17H2;1-3H3,(H2,6,7). The van der Waals surface area contributed by atoms with Crippen LogP contribution in [0.2, 0.25) is 0 Å². The molecule has 4 rings (SSSR count). The Morgan fingerprint density at radius 3 is 2.24 bits per heavy atom. The summed E-state index contributed by atoms with van der Waals surface area (Å²) in [7, 11) is 0. The fraction of sp³-hybridized carbons (Fsp3) is 0.571. The summed E-state index contributed by atoms with van der Waals surface area (Å²) >= 11 is 0. The van der Waals surface area contributed by atoms with E-state index in [-0.39, 0.29) is 5.92 Å². The van der Waals surface area contributed by atoms with E-state index in [0.717, 1.165) is 57.7 Å². The van der Waals surface area contributed by atoms with Crippen LogP contribution in [0.15, 0.2) is 36.8 Å². The lowest BCUT2D eigenvalue weighted by Gasteiger charge is -2.37. The van der Waals surface area contributed by atoms with Gasteiger partial charge in [-0.3, -0.25) is 9.69 Å². The first kappa shape index (κ1) is 28.2. The van der Waals surface area contributed by atoms with Gasteiger partial charge in [0, 0.05) is 51.4 Å². The number of nitriles is 1. The van der Waals surface area contributed by atoms with Gasteiger partial charge in [-0.2, -0.15) is 5.26 Å². The molecule has 2 amide bonds. The fourth-order valence-corrected chi connectivity index (χ4v) is 4.77. The number of imidazole rings is 1. The van der Waals surface area contributed by atoms with Gasteiger partial charge in [0.05, 0.1) is 23.7 Å². The fourth-order valence-electron chi connectivity index (χ4n) is 4.77. The van der Waals surface area contributed by atoms with E-state index in [2.05, 4.69) is 30.2 Å². The number of rotatable bonds is 5. The average Bonchev–Trinajstić information content (AvgIpc) is 3.30. The third-order valence-corrected chi connectivity index (χ3v) is 6.67. The first-order valence-corrected chi connectivity index (χ1v) is 13.1. The second kappa shape index (κ2) is 13.2. The van der Waals surface area contributed by atoms with E-state index in [1.165, 1.54) is 25.0 Å². The number of carbonyl (C=O) groups is 2. The van der Waals surface area contributed by atoms with Crippen LogP contribution in [0.4, 0.5) is 4.79 Å². The molecule has 37 heavy (non-hydrogen) atoms. The van der Waals surface area contributed by atoms with Gasteiger partial charge in [0.1, 0.15) is 5.60 Å². The summed E-state index contributed by atoms with van der Waals surface area (Å²) in [6, 6.07) is 9.86. The molecule has 1 aliphatic heterocycles. The number of nitrogens with two attached hydrogens (primary N) is 1. The van der Waals surface area contributed by atoms with E-state index in [1.807, 2.05) is 36.8 Å². The van der Waals surface area contributed by atoms with Crippen molar-refractivity contribution in [2.24, 2.45) is 11.7 Å². The normalized spacial score (nSPS) is 16.9. The molecule has 2 aromatic rings. The summed E-state index contributed by atoms with van der Waals surface area (Å²) < 4.78 is 6.74. The zero-order chi connectivity index (χ0) is 26.8. The lowest BCUT2D eigenvalue weighted by Crippen LogP contribution is -2.50. The van der Waals surface area contributed by atoms with Gasteiger partial charge in [0.2, 0.25) is 5.91 Å². The number of ether oxygens (including phenoxy) is 1. The molecular formula is C28H40N6O3. The van der Waals surface area contributed by atoms with Crippen molar-refractivity contribution in [2.45, 2.75) is 71.6 Å². The number of nitrogens with zero attached hydrogens (tertiary/aromatic N) is 5. The minimum atomic E-state index is -0.725. The first-order valence-electron chi connectivity index (χ1n) is 13.1. The number of hydrogen-bond acceptors (Lipinski definition) is 6. The first-order chi connectivity index (χ1) is 17.6. The molecule has 1 saturated carbocycles. The van der Waals surface area contributed by atoms with Crippen molar-refractivity contribution < 1.29 is 14.3 Å². The number of carbonyl (C=O) groups excluding carboxylic acids is 2. The summed E-state index contributed by atoms with van der Waals surface area (Å²) in [5.41, 5.74) is 7.29. The van der Waals surface area contributed by atoms with Crippen LogP contribution >= 0.6 is 0 Å². The molecule has 2 N–H and O–H groups in total. The molecule has 0 atom stereocenters. The maximum absolute atomic E-state index is 12.8. The van der Waals surface area contributed by atoms with Crippen LogP contribution < -0.4 is 5.73 Å². The van der Waals surface area contributed by atoms with E-state index in [4.69, 9.17) is 11.0 Å². The number of piperazine rings is 1. The molecule has 2 heterocycles. The van der Waals surface area contributed by atoms with Crippen LogP contribution in [0.25, 0.3) is 0 Å². The minimum Gasteiger partial charge on any atom is -0.444 e. The Bertz CT molecular complexity index is 1050. The van der Waals surface area contributed by atoms with Crippen molar-refractivity contribution in [1.82, 2.24) is 19.4 Å². The van der Waals surface area contributed by atoms with Gasteiger partial charge in [-0.25, -0.2) is 9.78 Å². The molecular weight excluding hydrogens is 468 g/mol. The predicted molar refractivity (Wildman–Crippen MR) is 141 cm³/mol. The lowest BCUT2D eigenvalue weighted by atomic mass is 9.88. The van der Waals surface area contributed by atoms with Crippen LogP contribution in [0.5, 0.6) is 0 Å². The Hall–Kier alpha value is -3.38. The lowest BCUT2D eigenvalue weighted by molar-refractivity contribution is -0.138. The van der Waals surface area contributed by atoms with Crippen molar-refractivity contribution in [2.75, 3.05) is 26.2 Å². The summed E-state index contributed by atoms with van der Waals surface area (Å²) in [6.45, 7) is 10.4. The van der Waals surface area contributed by atoms with Gasteiger partial charge in [-0.05, 0) is 51.3 Å². The predicted octanol–water partition coefficient (Wildman–Crippen LogP) is 3.91. The summed E-state index contributed by atoms with van der Waals surface area (Å²) in [5, 5.41) is 8.94. The highest BCUT2D eigenvalue weighted by atomic mass is 16.6. The van der Waals surface area contributed by atoms with Crippen molar-refractivity contribution in [1.29, 1.82) is 5.26 Å². The second-order valence-corrected chi connectivity index (χ2v) is 10.8. The zero-order valence-electron chi connectivity index (χ0n) is 22.4. The van der Waals surface area contributed by atoms with Gasteiger partial charge in [-0.15, -0.1) is 0 Å². The smallest absolute Gasteiger partial charge is 0.405 e. The highest BCUT2D eigenvalue weighted by Crippen LogP contribution is 2.26. The molecule has 1 aliphatic carbocycles. The number of aromatic nitrogens is 2. The molecule has 1 saturated heterocycles. The van der Waals surface area contributed by atoms with E-state index in [1.54, 1.807) is 20.8 Å². The molecule has 1 aromatic heterocycles. The maximum atomic E-state index is 12.8. The Kier molecular flexibility index (Phi) is 10.1. The monoisotopic (exact) mass is 508 g/mol. The van der Waals surface area contributed by atoms with Crippen LogP contribution in [-0.2, 0) is 22.6 Å². The third-order valence-electron chi connectivity index (χ3n) is 6.67. The number of amides is 2. The molecule has 9 heteroatoms. The SMILES string of the molecule is CC(C)(C)OC(N)=O.N#Cc1ccc(Cn2cncc2CN2CCN(C(=O)C3CCCCC3)CC2)cc1. The van der Waals surface area contributed by atoms with Gasteiger partial charge in [0.25, 0.3) is 0 Å². The molecule has 1 aromatic carbocycles. The Labute approximate surface area is 220 Å². The zero-order valence-corrected chi connectivity index (χ0v) is 22.4. The molecule has 2 aliphatic rings. The molecule has 2 fully saturated rings. The summed E-state index contributed by atoms with van der Waals surface area (Å²) in [4.78, 5) is 31.6. The number of benzene rings is 1. The highest BCUT2D eigenvalue weighted by molar-refractivity contribution is 5.79. The average molecular weight is 509 g/mol. The van der Waals surface area contributed by atoms with Crippen LogP contribution in [0.1, 0.15) is 69.7 Å². The molecule has 200 valence electrons.